The van der Waals surface area contributed by atoms with Crippen LogP contribution in [0.1, 0.15) is 21.5 Å². The third-order valence-electron chi connectivity index (χ3n) is 4.14. The highest BCUT2D eigenvalue weighted by atomic mass is 79.9. The number of nitrogens with one attached hydrogen (secondary N) is 1. The molecule has 0 spiro atoms. The fraction of sp³-hybridized carbons (Fsp3) is 0.0952. The topological polar surface area (TPSA) is 95.9 Å². The predicted molar refractivity (Wildman–Crippen MR) is 110 cm³/mol. The van der Waals surface area contributed by atoms with Crippen molar-refractivity contribution < 1.29 is 24.2 Å². The molecule has 0 radical (unpaired) electrons. The third kappa shape index (κ3) is 4.72. The quantitative estimate of drug-likeness (QED) is 0.375. The lowest BCUT2D eigenvalue weighted by atomic mass is 10.1. The zero-order valence-electron chi connectivity index (χ0n) is 15.2. The summed E-state index contributed by atoms with van der Waals surface area (Å²) in [7, 11) is 0. The molecule has 8 heteroatoms. The van der Waals surface area contributed by atoms with E-state index in [0.29, 0.717) is 15.8 Å². The first kappa shape index (κ1) is 20.3. The number of carboxylic acids is 1. The minimum Gasteiger partial charge on any atom is -0.488 e. The van der Waals surface area contributed by atoms with E-state index in [4.69, 9.17) is 9.84 Å². The van der Waals surface area contributed by atoms with E-state index in [1.54, 1.807) is 36.4 Å². The molecule has 2 N–H and O–H groups in total. The van der Waals surface area contributed by atoms with Crippen molar-refractivity contribution in [2.75, 3.05) is 6.54 Å². The minimum absolute atomic E-state index is 0.145. The molecule has 2 aromatic carbocycles. The molecular formula is C21H17BrN2O5. The largest absolute Gasteiger partial charge is 0.488 e. The molecule has 0 aliphatic carbocycles. The Labute approximate surface area is 175 Å². The number of amides is 3. The Morgan fingerprint density at radius 3 is 2.55 bits per heavy atom. The number of nitrogens with zero attached hydrogens (tertiary/aromatic N) is 1. The van der Waals surface area contributed by atoms with Crippen LogP contribution in [0.2, 0.25) is 0 Å². The van der Waals surface area contributed by atoms with Crippen LogP contribution in [-0.4, -0.2) is 34.5 Å². The monoisotopic (exact) mass is 456 g/mol. The van der Waals surface area contributed by atoms with Gasteiger partial charge in [-0.05, 0) is 57.4 Å². The summed E-state index contributed by atoms with van der Waals surface area (Å²) in [5.41, 5.74) is 1.94. The van der Waals surface area contributed by atoms with Gasteiger partial charge in [0.2, 0.25) is 0 Å². The standard InChI is InChI=1S/C21H17BrN2O5/c1-2-9-24-19(25)17(23-21(24)28)11-14-5-8-18(16(22)10-14)29-12-13-3-6-15(7-4-13)20(26)27/h2-8,10-11H,1,9,12H2,(H,23,28)(H,26,27)/b17-11+. The van der Waals surface area contributed by atoms with Gasteiger partial charge in [-0.3, -0.25) is 9.69 Å². The number of hydrogen-bond acceptors (Lipinski definition) is 4. The normalized spacial score (nSPS) is 14.8. The van der Waals surface area contributed by atoms with Gasteiger partial charge in [-0.25, -0.2) is 9.59 Å². The molecule has 0 aromatic heterocycles. The van der Waals surface area contributed by atoms with Gasteiger partial charge in [-0.15, -0.1) is 6.58 Å². The average molecular weight is 457 g/mol. The molecule has 1 aliphatic rings. The second-order valence-electron chi connectivity index (χ2n) is 6.17. The summed E-state index contributed by atoms with van der Waals surface area (Å²) in [5.74, 6) is -0.796. The number of carbonyl (C=O) groups excluding carboxylic acids is 2. The van der Waals surface area contributed by atoms with E-state index < -0.39 is 17.9 Å². The van der Waals surface area contributed by atoms with E-state index in [1.807, 2.05) is 0 Å². The van der Waals surface area contributed by atoms with Gasteiger partial charge in [0, 0.05) is 6.54 Å². The summed E-state index contributed by atoms with van der Waals surface area (Å²) >= 11 is 3.44. The molecule has 1 saturated heterocycles. The van der Waals surface area contributed by atoms with Crippen molar-refractivity contribution in [3.8, 4) is 5.75 Å². The number of hydrogen-bond donors (Lipinski definition) is 2. The van der Waals surface area contributed by atoms with Crippen molar-refractivity contribution in [2.45, 2.75) is 6.61 Å². The first-order valence-electron chi connectivity index (χ1n) is 8.59. The SMILES string of the molecule is C=CCN1C(=O)N/C(=C/c2ccc(OCc3ccc(C(=O)O)cc3)c(Br)c2)C1=O. The number of ether oxygens (including phenoxy) is 1. The summed E-state index contributed by atoms with van der Waals surface area (Å²) in [6.45, 7) is 3.95. The molecule has 0 atom stereocenters. The first-order valence-corrected chi connectivity index (χ1v) is 9.38. The Morgan fingerprint density at radius 1 is 1.21 bits per heavy atom. The van der Waals surface area contributed by atoms with Crippen molar-refractivity contribution in [1.29, 1.82) is 0 Å². The molecule has 2 aromatic rings. The zero-order valence-corrected chi connectivity index (χ0v) is 16.8. The second kappa shape index (κ2) is 8.74. The number of carbonyl (C=O) groups is 3. The van der Waals surface area contributed by atoms with Crippen LogP contribution < -0.4 is 10.1 Å². The second-order valence-corrected chi connectivity index (χ2v) is 7.03. The van der Waals surface area contributed by atoms with Crippen molar-refractivity contribution in [2.24, 2.45) is 0 Å². The molecule has 148 valence electrons. The Kier molecular flexibility index (Phi) is 6.13. The molecular weight excluding hydrogens is 440 g/mol. The minimum atomic E-state index is -0.977. The Bertz CT molecular complexity index is 1010. The number of rotatable bonds is 7. The molecule has 0 bridgehead atoms. The van der Waals surface area contributed by atoms with E-state index >= 15 is 0 Å². The number of benzene rings is 2. The number of halogens is 1. The van der Waals surface area contributed by atoms with Crippen LogP contribution in [0.4, 0.5) is 4.79 Å². The van der Waals surface area contributed by atoms with Crippen LogP contribution in [-0.2, 0) is 11.4 Å². The highest BCUT2D eigenvalue weighted by molar-refractivity contribution is 9.10. The maximum absolute atomic E-state index is 12.2. The molecule has 29 heavy (non-hydrogen) atoms. The Hall–Kier alpha value is -3.39. The molecule has 7 nitrogen and oxygen atoms in total. The fourth-order valence-electron chi connectivity index (χ4n) is 2.66. The van der Waals surface area contributed by atoms with Gasteiger partial charge >= 0.3 is 12.0 Å². The number of urea groups is 1. The van der Waals surface area contributed by atoms with Crippen molar-refractivity contribution >= 4 is 39.9 Å². The summed E-state index contributed by atoms with van der Waals surface area (Å²) in [6.07, 6.45) is 3.07. The van der Waals surface area contributed by atoms with E-state index in [2.05, 4.69) is 27.8 Å². The van der Waals surface area contributed by atoms with E-state index in [0.717, 1.165) is 10.5 Å². The summed E-state index contributed by atoms with van der Waals surface area (Å²) in [6, 6.07) is 11.2. The summed E-state index contributed by atoms with van der Waals surface area (Å²) in [5, 5.41) is 11.5. The van der Waals surface area contributed by atoms with E-state index in [9.17, 15) is 14.4 Å². The average Bonchev–Trinajstić information content (AvgIpc) is 2.95. The molecule has 1 fully saturated rings. The number of aromatic carboxylic acids is 1. The molecule has 0 unspecified atom stereocenters. The van der Waals surface area contributed by atoms with Gasteiger partial charge in [0.1, 0.15) is 18.1 Å². The maximum Gasteiger partial charge on any atom is 0.335 e. The van der Waals surface area contributed by atoms with Crippen LogP contribution >= 0.6 is 15.9 Å². The lowest BCUT2D eigenvalue weighted by Gasteiger charge is -2.09. The van der Waals surface area contributed by atoms with Crippen molar-refractivity contribution in [1.82, 2.24) is 10.2 Å². The summed E-state index contributed by atoms with van der Waals surface area (Å²) in [4.78, 5) is 36.0. The highest BCUT2D eigenvalue weighted by Gasteiger charge is 2.32. The van der Waals surface area contributed by atoms with Crippen LogP contribution in [0.5, 0.6) is 5.75 Å². The van der Waals surface area contributed by atoms with E-state index in [1.165, 1.54) is 18.2 Å². The lowest BCUT2D eigenvalue weighted by Crippen LogP contribution is -2.30. The van der Waals surface area contributed by atoms with Gasteiger partial charge in [-0.1, -0.05) is 24.3 Å². The van der Waals surface area contributed by atoms with Crippen molar-refractivity contribution in [3.05, 3.63) is 82.0 Å². The summed E-state index contributed by atoms with van der Waals surface area (Å²) < 4.78 is 6.44. The van der Waals surface area contributed by atoms with Gasteiger partial charge in [-0.2, -0.15) is 0 Å². The van der Waals surface area contributed by atoms with Gasteiger partial charge in [0.25, 0.3) is 5.91 Å². The van der Waals surface area contributed by atoms with Crippen LogP contribution in [0.25, 0.3) is 6.08 Å². The smallest absolute Gasteiger partial charge is 0.335 e. The highest BCUT2D eigenvalue weighted by Crippen LogP contribution is 2.28. The zero-order chi connectivity index (χ0) is 21.0. The Balaban J connectivity index is 1.69. The maximum atomic E-state index is 12.2. The molecule has 0 saturated carbocycles. The molecule has 1 aliphatic heterocycles. The molecule has 3 rings (SSSR count). The fourth-order valence-corrected chi connectivity index (χ4v) is 3.17. The van der Waals surface area contributed by atoms with Crippen molar-refractivity contribution in [3.63, 3.8) is 0 Å². The first-order chi connectivity index (χ1) is 13.9. The van der Waals surface area contributed by atoms with Gasteiger partial charge in [0.15, 0.2) is 0 Å². The lowest BCUT2D eigenvalue weighted by molar-refractivity contribution is -0.122. The number of imide groups is 1. The van der Waals surface area contributed by atoms with E-state index in [-0.39, 0.29) is 24.4 Å². The van der Waals surface area contributed by atoms with Crippen LogP contribution in [0.3, 0.4) is 0 Å². The van der Waals surface area contributed by atoms with Crippen LogP contribution in [0, 0.1) is 0 Å². The van der Waals surface area contributed by atoms with Gasteiger partial charge < -0.3 is 15.2 Å². The van der Waals surface area contributed by atoms with Crippen LogP contribution in [0.15, 0.2) is 65.3 Å². The van der Waals surface area contributed by atoms with Gasteiger partial charge in [0.05, 0.1) is 10.0 Å². The Morgan fingerprint density at radius 2 is 1.93 bits per heavy atom. The molecule has 1 heterocycles. The molecule has 3 amide bonds. The number of carboxylic acid groups (broad SMARTS) is 1. The predicted octanol–water partition coefficient (Wildman–Crippen LogP) is 3.81. The third-order valence-corrected chi connectivity index (χ3v) is 4.76.